The van der Waals surface area contributed by atoms with Crippen LogP contribution in [0.5, 0.6) is 0 Å². The Kier molecular flexibility index (Phi) is 6.66. The molecule has 76 valence electrons. The maximum atomic E-state index is 9.77. The van der Waals surface area contributed by atoms with E-state index in [9.17, 15) is 5.11 Å². The molecular formula is C11H21NO. The molecule has 0 bridgehead atoms. The van der Waals surface area contributed by atoms with Gasteiger partial charge in [-0.3, -0.25) is 0 Å². The molecule has 0 heterocycles. The van der Waals surface area contributed by atoms with E-state index in [0.717, 1.165) is 32.2 Å². The number of nitrogens with one attached hydrogen (secondary N) is 1. The highest BCUT2D eigenvalue weighted by Gasteiger charge is 2.17. The van der Waals surface area contributed by atoms with Crippen LogP contribution in [0.4, 0.5) is 0 Å². The molecular weight excluding hydrogens is 162 g/mol. The van der Waals surface area contributed by atoms with E-state index in [1.165, 1.54) is 0 Å². The number of hydrogen-bond donors (Lipinski definition) is 2. The Morgan fingerprint density at radius 3 is 2.77 bits per heavy atom. The molecule has 0 aromatic rings. The predicted molar refractivity (Wildman–Crippen MR) is 56.5 cm³/mol. The van der Waals surface area contributed by atoms with Crippen molar-refractivity contribution in [3.05, 3.63) is 0 Å². The highest BCUT2D eigenvalue weighted by Crippen LogP contribution is 2.09. The average Bonchev–Trinajstić information content (AvgIpc) is 2.04. The largest absolute Gasteiger partial charge is 0.389 e. The lowest BCUT2D eigenvalue weighted by Gasteiger charge is -2.22. The highest BCUT2D eigenvalue weighted by atomic mass is 16.3. The van der Waals surface area contributed by atoms with Crippen molar-refractivity contribution in [2.75, 3.05) is 13.1 Å². The Hall–Kier alpha value is -0.520. The second-order valence-electron chi connectivity index (χ2n) is 3.73. The molecule has 0 spiro atoms. The van der Waals surface area contributed by atoms with Crippen LogP contribution in [0, 0.1) is 12.3 Å². The number of terminal acetylenes is 1. The van der Waals surface area contributed by atoms with E-state index in [-0.39, 0.29) is 0 Å². The Bertz CT molecular complexity index is 158. The van der Waals surface area contributed by atoms with Crippen molar-refractivity contribution in [2.45, 2.75) is 45.1 Å². The van der Waals surface area contributed by atoms with Crippen LogP contribution in [0.1, 0.15) is 39.5 Å². The van der Waals surface area contributed by atoms with Gasteiger partial charge in [-0.1, -0.05) is 13.3 Å². The number of rotatable bonds is 7. The maximum absolute atomic E-state index is 9.77. The fourth-order valence-electron chi connectivity index (χ4n) is 1.30. The minimum atomic E-state index is -0.565. The smallest absolute Gasteiger partial charge is 0.0743 e. The second-order valence-corrected chi connectivity index (χ2v) is 3.73. The topological polar surface area (TPSA) is 32.3 Å². The summed E-state index contributed by atoms with van der Waals surface area (Å²) in [5.74, 6) is 2.59. The first kappa shape index (κ1) is 12.5. The van der Waals surface area contributed by atoms with Crippen LogP contribution < -0.4 is 5.32 Å². The summed E-state index contributed by atoms with van der Waals surface area (Å²) in [5.41, 5.74) is -0.565. The van der Waals surface area contributed by atoms with E-state index in [1.54, 1.807) is 0 Å². The van der Waals surface area contributed by atoms with Crippen molar-refractivity contribution >= 4 is 0 Å². The molecule has 2 nitrogen and oxygen atoms in total. The number of aliphatic hydroxyl groups is 1. The van der Waals surface area contributed by atoms with Gasteiger partial charge in [0.1, 0.15) is 0 Å². The molecule has 0 aliphatic carbocycles. The zero-order chi connectivity index (χ0) is 10.2. The van der Waals surface area contributed by atoms with E-state index >= 15 is 0 Å². The van der Waals surface area contributed by atoms with Crippen molar-refractivity contribution in [1.82, 2.24) is 5.32 Å². The molecule has 13 heavy (non-hydrogen) atoms. The Morgan fingerprint density at radius 2 is 2.23 bits per heavy atom. The van der Waals surface area contributed by atoms with Gasteiger partial charge in [0.2, 0.25) is 0 Å². The number of hydrogen-bond acceptors (Lipinski definition) is 2. The number of unbranched alkanes of at least 4 members (excludes halogenated alkanes) is 1. The Morgan fingerprint density at radius 1 is 1.54 bits per heavy atom. The van der Waals surface area contributed by atoms with Crippen LogP contribution in [0.25, 0.3) is 0 Å². The Balaban J connectivity index is 3.36. The standard InChI is InChI=1S/C11H21NO/c1-4-6-7-9-12-10-11(3,13)8-5-2/h1,12-13H,5-10H2,2-3H3. The van der Waals surface area contributed by atoms with Crippen LogP contribution in [0.3, 0.4) is 0 Å². The van der Waals surface area contributed by atoms with Crippen LogP contribution in [-0.4, -0.2) is 23.8 Å². The third kappa shape index (κ3) is 7.83. The SMILES string of the molecule is C#CCCCNCC(C)(O)CCC. The zero-order valence-electron chi connectivity index (χ0n) is 8.77. The molecule has 2 N–H and O–H groups in total. The molecule has 0 saturated carbocycles. The van der Waals surface area contributed by atoms with Gasteiger partial charge >= 0.3 is 0 Å². The van der Waals surface area contributed by atoms with Crippen molar-refractivity contribution in [1.29, 1.82) is 0 Å². The maximum Gasteiger partial charge on any atom is 0.0743 e. The first-order chi connectivity index (χ1) is 6.12. The van der Waals surface area contributed by atoms with Gasteiger partial charge in [0, 0.05) is 13.0 Å². The summed E-state index contributed by atoms with van der Waals surface area (Å²) < 4.78 is 0. The van der Waals surface area contributed by atoms with E-state index in [4.69, 9.17) is 6.42 Å². The lowest BCUT2D eigenvalue weighted by molar-refractivity contribution is 0.0502. The normalized spacial score (nSPS) is 14.9. The molecule has 0 aromatic carbocycles. The monoisotopic (exact) mass is 183 g/mol. The summed E-state index contributed by atoms with van der Waals surface area (Å²) >= 11 is 0. The molecule has 0 rings (SSSR count). The fraction of sp³-hybridized carbons (Fsp3) is 0.818. The third-order valence-corrected chi connectivity index (χ3v) is 1.97. The minimum Gasteiger partial charge on any atom is -0.389 e. The molecule has 0 saturated heterocycles. The third-order valence-electron chi connectivity index (χ3n) is 1.97. The molecule has 1 unspecified atom stereocenters. The fourth-order valence-corrected chi connectivity index (χ4v) is 1.30. The van der Waals surface area contributed by atoms with Gasteiger partial charge in [-0.05, 0) is 26.3 Å². The lowest BCUT2D eigenvalue weighted by Crippen LogP contribution is -2.37. The summed E-state index contributed by atoms with van der Waals surface area (Å²) in [6.45, 7) is 5.49. The van der Waals surface area contributed by atoms with Crippen molar-refractivity contribution in [2.24, 2.45) is 0 Å². The van der Waals surface area contributed by atoms with Gasteiger partial charge in [0.05, 0.1) is 5.60 Å². The first-order valence-electron chi connectivity index (χ1n) is 4.99. The van der Waals surface area contributed by atoms with E-state index in [0.29, 0.717) is 6.54 Å². The summed E-state index contributed by atoms with van der Waals surface area (Å²) in [4.78, 5) is 0. The van der Waals surface area contributed by atoms with Gasteiger partial charge in [-0.2, -0.15) is 0 Å². The Labute approximate surface area is 81.7 Å². The van der Waals surface area contributed by atoms with Gasteiger partial charge in [-0.15, -0.1) is 12.3 Å². The minimum absolute atomic E-state index is 0.565. The van der Waals surface area contributed by atoms with Gasteiger partial charge in [0.25, 0.3) is 0 Å². The molecule has 0 aliphatic rings. The molecule has 2 heteroatoms. The molecule has 0 fully saturated rings. The predicted octanol–water partition coefficient (Wildman–Crippen LogP) is 1.54. The van der Waals surface area contributed by atoms with Gasteiger partial charge in [0.15, 0.2) is 0 Å². The molecule has 0 aliphatic heterocycles. The lowest BCUT2D eigenvalue weighted by atomic mass is 10.0. The summed E-state index contributed by atoms with van der Waals surface area (Å²) in [6.07, 6.45) is 8.77. The van der Waals surface area contributed by atoms with Crippen LogP contribution in [0.2, 0.25) is 0 Å². The van der Waals surface area contributed by atoms with E-state index in [2.05, 4.69) is 18.2 Å². The van der Waals surface area contributed by atoms with Crippen molar-refractivity contribution < 1.29 is 5.11 Å². The highest BCUT2D eigenvalue weighted by molar-refractivity contribution is 4.83. The van der Waals surface area contributed by atoms with Gasteiger partial charge in [-0.25, -0.2) is 0 Å². The van der Waals surface area contributed by atoms with E-state index in [1.807, 2.05) is 6.92 Å². The second kappa shape index (κ2) is 6.94. The zero-order valence-corrected chi connectivity index (χ0v) is 8.77. The van der Waals surface area contributed by atoms with Crippen molar-refractivity contribution in [3.8, 4) is 12.3 Å². The van der Waals surface area contributed by atoms with Crippen LogP contribution in [0.15, 0.2) is 0 Å². The summed E-state index contributed by atoms with van der Waals surface area (Å²) in [7, 11) is 0. The molecule has 0 amide bonds. The van der Waals surface area contributed by atoms with Crippen molar-refractivity contribution in [3.63, 3.8) is 0 Å². The molecule has 1 atom stereocenters. The summed E-state index contributed by atoms with van der Waals surface area (Å²) in [5, 5.41) is 13.0. The molecule has 0 aromatic heterocycles. The van der Waals surface area contributed by atoms with Crippen LogP contribution in [-0.2, 0) is 0 Å². The first-order valence-corrected chi connectivity index (χ1v) is 4.99. The van der Waals surface area contributed by atoms with Crippen LogP contribution >= 0.6 is 0 Å². The molecule has 0 radical (unpaired) electrons. The average molecular weight is 183 g/mol. The van der Waals surface area contributed by atoms with E-state index < -0.39 is 5.60 Å². The quantitative estimate of drug-likeness (QED) is 0.463. The van der Waals surface area contributed by atoms with Gasteiger partial charge < -0.3 is 10.4 Å². The summed E-state index contributed by atoms with van der Waals surface area (Å²) in [6, 6.07) is 0.